The van der Waals surface area contributed by atoms with Gasteiger partial charge in [-0.3, -0.25) is 4.79 Å². The standard InChI is InChI=1S/C25H21BrN4O/c1-17-27-23(19-6-3-2-4-7-19)16-24(28-17)29-21-8-5-9-22(15-21)30-25(31)14-18-10-12-20(26)13-11-18/h2-13,15-16H,14H2,1H3,(H,30,31)(H,27,28,29). The Hall–Kier alpha value is -3.51. The van der Waals surface area contributed by atoms with E-state index >= 15 is 0 Å². The van der Waals surface area contributed by atoms with E-state index in [2.05, 4.69) is 36.5 Å². The molecule has 0 aliphatic heterocycles. The highest BCUT2D eigenvalue weighted by Gasteiger charge is 2.07. The zero-order valence-electron chi connectivity index (χ0n) is 17.0. The average Bonchev–Trinajstić information content (AvgIpc) is 2.76. The monoisotopic (exact) mass is 472 g/mol. The molecule has 1 heterocycles. The molecule has 0 saturated heterocycles. The van der Waals surface area contributed by atoms with E-state index in [1.54, 1.807) is 0 Å². The first-order valence-electron chi connectivity index (χ1n) is 9.88. The molecule has 0 aliphatic carbocycles. The molecule has 0 unspecified atom stereocenters. The quantitative estimate of drug-likeness (QED) is 0.353. The Morgan fingerprint density at radius 1 is 0.871 bits per heavy atom. The summed E-state index contributed by atoms with van der Waals surface area (Å²) in [5.41, 5.74) is 4.40. The molecular formula is C25H21BrN4O. The molecule has 0 bridgehead atoms. The Morgan fingerprint density at radius 3 is 2.39 bits per heavy atom. The summed E-state index contributed by atoms with van der Waals surface area (Å²) in [7, 11) is 0. The maximum Gasteiger partial charge on any atom is 0.228 e. The first kappa shape index (κ1) is 20.8. The molecular weight excluding hydrogens is 452 g/mol. The van der Waals surface area contributed by atoms with Gasteiger partial charge in [-0.15, -0.1) is 0 Å². The minimum absolute atomic E-state index is 0.0660. The number of nitrogens with one attached hydrogen (secondary N) is 2. The Bertz CT molecular complexity index is 1190. The average molecular weight is 473 g/mol. The third kappa shape index (κ3) is 5.77. The van der Waals surface area contributed by atoms with Crippen LogP contribution in [0, 0.1) is 6.92 Å². The molecule has 4 rings (SSSR count). The lowest BCUT2D eigenvalue weighted by molar-refractivity contribution is -0.115. The summed E-state index contributed by atoms with van der Waals surface area (Å²) in [5.74, 6) is 1.32. The van der Waals surface area contributed by atoms with Gasteiger partial charge in [-0.2, -0.15) is 0 Å². The van der Waals surface area contributed by atoms with Crippen molar-refractivity contribution in [3.05, 3.63) is 101 Å². The molecule has 0 aliphatic rings. The van der Waals surface area contributed by atoms with E-state index in [-0.39, 0.29) is 5.91 Å². The summed E-state index contributed by atoms with van der Waals surface area (Å²) in [4.78, 5) is 21.5. The molecule has 31 heavy (non-hydrogen) atoms. The van der Waals surface area contributed by atoms with Crippen molar-refractivity contribution in [3.63, 3.8) is 0 Å². The molecule has 0 atom stereocenters. The fourth-order valence-electron chi connectivity index (χ4n) is 3.20. The largest absolute Gasteiger partial charge is 0.340 e. The minimum atomic E-state index is -0.0660. The van der Waals surface area contributed by atoms with Crippen LogP contribution in [-0.2, 0) is 11.2 Å². The van der Waals surface area contributed by atoms with Crippen LogP contribution in [0.15, 0.2) is 89.4 Å². The van der Waals surface area contributed by atoms with Crippen LogP contribution in [-0.4, -0.2) is 15.9 Å². The zero-order valence-corrected chi connectivity index (χ0v) is 18.6. The van der Waals surface area contributed by atoms with Crippen molar-refractivity contribution in [1.29, 1.82) is 0 Å². The van der Waals surface area contributed by atoms with Crippen molar-refractivity contribution in [2.45, 2.75) is 13.3 Å². The lowest BCUT2D eigenvalue weighted by atomic mass is 10.1. The Labute approximate surface area is 189 Å². The van der Waals surface area contributed by atoms with Crippen LogP contribution in [0.1, 0.15) is 11.4 Å². The number of aryl methyl sites for hydroxylation is 1. The van der Waals surface area contributed by atoms with Gasteiger partial charge in [0.15, 0.2) is 0 Å². The Kier molecular flexibility index (Phi) is 6.38. The van der Waals surface area contributed by atoms with Gasteiger partial charge in [0.05, 0.1) is 12.1 Å². The molecule has 2 N–H and O–H groups in total. The Balaban J connectivity index is 1.47. The molecule has 6 heteroatoms. The maximum atomic E-state index is 12.4. The third-order valence-corrected chi connectivity index (χ3v) is 5.13. The zero-order chi connectivity index (χ0) is 21.6. The van der Waals surface area contributed by atoms with Crippen LogP contribution in [0.25, 0.3) is 11.3 Å². The number of hydrogen-bond acceptors (Lipinski definition) is 4. The number of hydrogen-bond donors (Lipinski definition) is 2. The van der Waals surface area contributed by atoms with Crippen molar-refractivity contribution >= 4 is 39.0 Å². The van der Waals surface area contributed by atoms with Crippen LogP contribution in [0.5, 0.6) is 0 Å². The van der Waals surface area contributed by atoms with Crippen LogP contribution in [0.4, 0.5) is 17.2 Å². The number of aromatic nitrogens is 2. The number of anilines is 3. The van der Waals surface area contributed by atoms with E-state index < -0.39 is 0 Å². The van der Waals surface area contributed by atoms with Gasteiger partial charge >= 0.3 is 0 Å². The van der Waals surface area contributed by atoms with Gasteiger partial charge in [-0.05, 0) is 42.8 Å². The molecule has 5 nitrogen and oxygen atoms in total. The van der Waals surface area contributed by atoms with Gasteiger partial charge in [0.2, 0.25) is 5.91 Å². The predicted molar refractivity (Wildman–Crippen MR) is 128 cm³/mol. The van der Waals surface area contributed by atoms with Gasteiger partial charge in [0, 0.05) is 27.5 Å². The SMILES string of the molecule is Cc1nc(Nc2cccc(NC(=O)Cc3ccc(Br)cc3)c2)cc(-c2ccccc2)n1. The molecule has 0 radical (unpaired) electrons. The fraction of sp³-hybridized carbons (Fsp3) is 0.0800. The van der Waals surface area contributed by atoms with Crippen molar-refractivity contribution < 1.29 is 4.79 Å². The molecule has 0 saturated carbocycles. The van der Waals surface area contributed by atoms with Crippen LogP contribution < -0.4 is 10.6 Å². The fourth-order valence-corrected chi connectivity index (χ4v) is 3.47. The van der Waals surface area contributed by atoms with E-state index in [9.17, 15) is 4.79 Å². The molecule has 1 amide bonds. The topological polar surface area (TPSA) is 66.9 Å². The summed E-state index contributed by atoms with van der Waals surface area (Å²) in [6, 6.07) is 27.2. The number of halogens is 1. The highest BCUT2D eigenvalue weighted by Crippen LogP contribution is 2.23. The van der Waals surface area contributed by atoms with E-state index in [1.807, 2.05) is 91.9 Å². The van der Waals surface area contributed by atoms with Crippen LogP contribution in [0.3, 0.4) is 0 Å². The highest BCUT2D eigenvalue weighted by atomic mass is 79.9. The molecule has 154 valence electrons. The third-order valence-electron chi connectivity index (χ3n) is 4.60. The first-order chi connectivity index (χ1) is 15.0. The summed E-state index contributed by atoms with van der Waals surface area (Å²) in [6.07, 6.45) is 0.316. The van der Waals surface area contributed by atoms with Crippen LogP contribution in [0.2, 0.25) is 0 Å². The van der Waals surface area contributed by atoms with E-state index in [1.165, 1.54) is 0 Å². The summed E-state index contributed by atoms with van der Waals surface area (Å²) < 4.78 is 0.991. The number of rotatable bonds is 6. The van der Waals surface area contributed by atoms with E-state index in [0.29, 0.717) is 18.1 Å². The van der Waals surface area contributed by atoms with Gasteiger partial charge in [0.25, 0.3) is 0 Å². The second kappa shape index (κ2) is 9.53. The van der Waals surface area contributed by atoms with Crippen molar-refractivity contribution in [1.82, 2.24) is 9.97 Å². The second-order valence-electron chi connectivity index (χ2n) is 7.11. The number of amides is 1. The maximum absolute atomic E-state index is 12.4. The number of carbonyl (C=O) groups excluding carboxylic acids is 1. The van der Waals surface area contributed by atoms with Gasteiger partial charge in [-0.1, -0.05) is 64.5 Å². The number of nitrogens with zero attached hydrogens (tertiary/aromatic N) is 2. The van der Waals surface area contributed by atoms with Crippen LogP contribution >= 0.6 is 15.9 Å². The number of benzene rings is 3. The van der Waals surface area contributed by atoms with Gasteiger partial charge in [-0.25, -0.2) is 9.97 Å². The van der Waals surface area contributed by atoms with Gasteiger partial charge < -0.3 is 10.6 Å². The molecule has 0 fully saturated rings. The predicted octanol–water partition coefficient (Wildman–Crippen LogP) is 6.14. The smallest absolute Gasteiger partial charge is 0.228 e. The summed E-state index contributed by atoms with van der Waals surface area (Å²) >= 11 is 3.41. The molecule has 3 aromatic carbocycles. The second-order valence-corrected chi connectivity index (χ2v) is 8.02. The summed E-state index contributed by atoms with van der Waals surface area (Å²) in [5, 5.41) is 6.27. The minimum Gasteiger partial charge on any atom is -0.340 e. The highest BCUT2D eigenvalue weighted by molar-refractivity contribution is 9.10. The number of carbonyl (C=O) groups is 1. The van der Waals surface area contributed by atoms with E-state index in [0.717, 1.165) is 32.7 Å². The lowest BCUT2D eigenvalue weighted by Gasteiger charge is -2.11. The van der Waals surface area contributed by atoms with E-state index in [4.69, 9.17) is 0 Å². The molecule has 0 spiro atoms. The lowest BCUT2D eigenvalue weighted by Crippen LogP contribution is -2.14. The van der Waals surface area contributed by atoms with Gasteiger partial charge in [0.1, 0.15) is 11.6 Å². The van der Waals surface area contributed by atoms with Crippen molar-refractivity contribution in [2.75, 3.05) is 10.6 Å². The molecule has 4 aromatic rings. The summed E-state index contributed by atoms with van der Waals surface area (Å²) in [6.45, 7) is 1.87. The van der Waals surface area contributed by atoms with Crippen molar-refractivity contribution in [3.8, 4) is 11.3 Å². The van der Waals surface area contributed by atoms with Crippen molar-refractivity contribution in [2.24, 2.45) is 0 Å². The Morgan fingerprint density at radius 2 is 1.61 bits per heavy atom. The first-order valence-corrected chi connectivity index (χ1v) is 10.7. The molecule has 1 aromatic heterocycles. The normalized spacial score (nSPS) is 10.5.